The molecule has 0 radical (unpaired) electrons. The molecule has 1 aromatic heterocycles. The summed E-state index contributed by atoms with van der Waals surface area (Å²) in [5.74, 6) is 1.93. The van der Waals surface area contributed by atoms with Crippen LogP contribution in [0.15, 0.2) is 28.7 Å². The maximum Gasteiger partial charge on any atom is 0.146 e. The molecule has 0 fully saturated rings. The van der Waals surface area contributed by atoms with E-state index in [2.05, 4.69) is 12.2 Å². The van der Waals surface area contributed by atoms with Gasteiger partial charge in [0.05, 0.1) is 6.54 Å². The van der Waals surface area contributed by atoms with E-state index >= 15 is 0 Å². The Morgan fingerprint density at radius 2 is 2.00 bits per heavy atom. The molecule has 4 heteroatoms. The van der Waals surface area contributed by atoms with Crippen molar-refractivity contribution in [1.82, 2.24) is 5.32 Å². The van der Waals surface area contributed by atoms with Crippen LogP contribution in [0.4, 0.5) is 4.39 Å². The number of hydrogen-bond donors (Lipinski definition) is 1. The van der Waals surface area contributed by atoms with E-state index < -0.39 is 0 Å². The number of rotatable bonds is 7. The van der Waals surface area contributed by atoms with Gasteiger partial charge in [0.2, 0.25) is 0 Å². The highest BCUT2D eigenvalue weighted by Gasteiger charge is 2.08. The summed E-state index contributed by atoms with van der Waals surface area (Å²) < 4.78 is 24.8. The number of furan rings is 1. The van der Waals surface area contributed by atoms with Crippen LogP contribution in [0.3, 0.4) is 0 Å². The lowest BCUT2D eigenvalue weighted by atomic mass is 10.2. The fourth-order valence-corrected chi connectivity index (χ4v) is 2.03. The summed E-state index contributed by atoms with van der Waals surface area (Å²) in [6.07, 6.45) is 1.09. The summed E-state index contributed by atoms with van der Waals surface area (Å²) in [5.41, 5.74) is 1.72. The third kappa shape index (κ3) is 4.33. The van der Waals surface area contributed by atoms with Crippen molar-refractivity contribution in [2.24, 2.45) is 0 Å². The molecule has 0 aliphatic rings. The summed E-state index contributed by atoms with van der Waals surface area (Å²) in [5, 5.41) is 3.31. The average Bonchev–Trinajstić information content (AvgIpc) is 2.81. The van der Waals surface area contributed by atoms with Gasteiger partial charge in [-0.3, -0.25) is 0 Å². The van der Waals surface area contributed by atoms with E-state index in [-0.39, 0.29) is 5.82 Å². The molecule has 0 atom stereocenters. The third-order valence-corrected chi connectivity index (χ3v) is 3.31. The number of ether oxygens (including phenoxy) is 1. The molecule has 0 aliphatic carbocycles. The van der Waals surface area contributed by atoms with Crippen molar-refractivity contribution in [3.05, 3.63) is 52.7 Å². The second kappa shape index (κ2) is 7.27. The number of hydrogen-bond acceptors (Lipinski definition) is 3. The Morgan fingerprint density at radius 3 is 2.71 bits per heavy atom. The van der Waals surface area contributed by atoms with Crippen molar-refractivity contribution < 1.29 is 13.5 Å². The minimum absolute atomic E-state index is 0.257. The highest BCUT2D eigenvalue weighted by Crippen LogP contribution is 2.19. The summed E-state index contributed by atoms with van der Waals surface area (Å²) in [7, 11) is 0. The Bertz CT molecular complexity index is 592. The van der Waals surface area contributed by atoms with E-state index in [1.54, 1.807) is 19.1 Å². The molecular formula is C17H22FNO2. The Labute approximate surface area is 125 Å². The Balaban J connectivity index is 1.93. The number of nitrogens with one attached hydrogen (secondary N) is 1. The molecule has 0 spiro atoms. The van der Waals surface area contributed by atoms with Gasteiger partial charge in [-0.15, -0.1) is 0 Å². The quantitative estimate of drug-likeness (QED) is 0.779. The topological polar surface area (TPSA) is 34.4 Å². The first-order valence-corrected chi connectivity index (χ1v) is 7.28. The molecular weight excluding hydrogens is 269 g/mol. The molecule has 114 valence electrons. The van der Waals surface area contributed by atoms with Crippen molar-refractivity contribution in [2.75, 3.05) is 6.54 Å². The first-order chi connectivity index (χ1) is 10.1. The standard InChI is InChI=1S/C17H22FNO2/c1-4-7-19-10-17-13(3)8-15(21-17)11-20-14-6-5-12(2)16(18)9-14/h5-6,8-9,19H,4,7,10-11H2,1-3H3. The van der Waals surface area contributed by atoms with E-state index in [9.17, 15) is 4.39 Å². The maximum atomic E-state index is 13.4. The fourth-order valence-electron chi connectivity index (χ4n) is 2.03. The molecule has 0 bridgehead atoms. The minimum atomic E-state index is -0.257. The van der Waals surface area contributed by atoms with Crippen molar-refractivity contribution in [3.63, 3.8) is 0 Å². The highest BCUT2D eigenvalue weighted by molar-refractivity contribution is 5.28. The largest absolute Gasteiger partial charge is 0.486 e. The van der Waals surface area contributed by atoms with Crippen LogP contribution in [0.5, 0.6) is 5.75 Å². The molecule has 2 rings (SSSR count). The Kier molecular flexibility index (Phi) is 5.39. The van der Waals surface area contributed by atoms with Crippen molar-refractivity contribution in [3.8, 4) is 5.75 Å². The molecule has 1 aromatic carbocycles. The van der Waals surface area contributed by atoms with E-state index in [1.165, 1.54) is 6.07 Å². The zero-order chi connectivity index (χ0) is 15.2. The van der Waals surface area contributed by atoms with Gasteiger partial charge >= 0.3 is 0 Å². The monoisotopic (exact) mass is 291 g/mol. The van der Waals surface area contributed by atoms with Gasteiger partial charge in [0.25, 0.3) is 0 Å². The predicted octanol–water partition coefficient (Wildman–Crippen LogP) is 4.11. The number of halogens is 1. The average molecular weight is 291 g/mol. The van der Waals surface area contributed by atoms with Gasteiger partial charge in [-0.1, -0.05) is 13.0 Å². The molecule has 1 N–H and O–H groups in total. The molecule has 0 saturated heterocycles. The van der Waals surface area contributed by atoms with Gasteiger partial charge in [0, 0.05) is 6.07 Å². The van der Waals surface area contributed by atoms with E-state index in [1.807, 2.05) is 13.0 Å². The minimum Gasteiger partial charge on any atom is -0.486 e. The van der Waals surface area contributed by atoms with Gasteiger partial charge in [-0.2, -0.15) is 0 Å². The second-order valence-electron chi connectivity index (χ2n) is 5.20. The highest BCUT2D eigenvalue weighted by atomic mass is 19.1. The summed E-state index contributed by atoms with van der Waals surface area (Å²) in [6, 6.07) is 6.83. The lowest BCUT2D eigenvalue weighted by molar-refractivity contribution is 0.264. The number of aryl methyl sites for hydroxylation is 2. The molecule has 21 heavy (non-hydrogen) atoms. The first-order valence-electron chi connectivity index (χ1n) is 7.28. The van der Waals surface area contributed by atoms with Gasteiger partial charge < -0.3 is 14.5 Å². The van der Waals surface area contributed by atoms with Crippen LogP contribution in [0.2, 0.25) is 0 Å². The second-order valence-corrected chi connectivity index (χ2v) is 5.20. The van der Waals surface area contributed by atoms with Crippen LogP contribution >= 0.6 is 0 Å². The fraction of sp³-hybridized carbons (Fsp3) is 0.412. The summed E-state index contributed by atoms with van der Waals surface area (Å²) in [4.78, 5) is 0. The van der Waals surface area contributed by atoms with Gasteiger partial charge in [0.1, 0.15) is 29.7 Å². The lowest BCUT2D eigenvalue weighted by Crippen LogP contribution is -2.13. The molecule has 0 unspecified atom stereocenters. The van der Waals surface area contributed by atoms with E-state index in [0.29, 0.717) is 17.9 Å². The maximum absolute atomic E-state index is 13.4. The summed E-state index contributed by atoms with van der Waals surface area (Å²) >= 11 is 0. The van der Waals surface area contributed by atoms with Crippen molar-refractivity contribution >= 4 is 0 Å². The normalized spacial score (nSPS) is 10.9. The third-order valence-electron chi connectivity index (χ3n) is 3.31. The molecule has 0 saturated carbocycles. The molecule has 2 aromatic rings. The predicted molar refractivity (Wildman–Crippen MR) is 80.9 cm³/mol. The Morgan fingerprint density at radius 1 is 1.19 bits per heavy atom. The molecule has 3 nitrogen and oxygen atoms in total. The zero-order valence-electron chi connectivity index (χ0n) is 12.8. The van der Waals surface area contributed by atoms with Crippen LogP contribution in [-0.2, 0) is 13.2 Å². The van der Waals surface area contributed by atoms with Crippen LogP contribution in [0.1, 0.15) is 36.0 Å². The Hall–Kier alpha value is -1.81. The lowest BCUT2D eigenvalue weighted by Gasteiger charge is -2.05. The van der Waals surface area contributed by atoms with Gasteiger partial charge in [0.15, 0.2) is 0 Å². The van der Waals surface area contributed by atoms with Gasteiger partial charge in [-0.25, -0.2) is 4.39 Å². The molecule has 1 heterocycles. The van der Waals surface area contributed by atoms with Gasteiger partial charge in [-0.05, 0) is 50.1 Å². The smallest absolute Gasteiger partial charge is 0.146 e. The van der Waals surface area contributed by atoms with Crippen LogP contribution < -0.4 is 10.1 Å². The van der Waals surface area contributed by atoms with Crippen LogP contribution in [-0.4, -0.2) is 6.54 Å². The van der Waals surface area contributed by atoms with E-state index in [0.717, 1.165) is 36.6 Å². The number of benzene rings is 1. The SMILES string of the molecule is CCCNCc1oc(COc2ccc(C)c(F)c2)cc1C. The molecule has 0 amide bonds. The van der Waals surface area contributed by atoms with Crippen molar-refractivity contribution in [2.45, 2.75) is 40.3 Å². The van der Waals surface area contributed by atoms with E-state index in [4.69, 9.17) is 9.15 Å². The van der Waals surface area contributed by atoms with Crippen LogP contribution in [0.25, 0.3) is 0 Å². The van der Waals surface area contributed by atoms with Crippen molar-refractivity contribution in [1.29, 1.82) is 0 Å². The van der Waals surface area contributed by atoms with Crippen LogP contribution in [0, 0.1) is 19.7 Å². The zero-order valence-corrected chi connectivity index (χ0v) is 12.8. The molecule has 0 aliphatic heterocycles. The summed E-state index contributed by atoms with van der Waals surface area (Å²) in [6.45, 7) is 7.86. The first kappa shape index (κ1) is 15.6.